The van der Waals surface area contributed by atoms with Crippen molar-refractivity contribution in [1.82, 2.24) is 0 Å². The van der Waals surface area contributed by atoms with E-state index in [0.717, 1.165) is 36.3 Å². The fourth-order valence-electron chi connectivity index (χ4n) is 7.52. The predicted octanol–water partition coefficient (Wildman–Crippen LogP) is 11.4. The molecule has 6 rings (SSSR count). The van der Waals surface area contributed by atoms with E-state index >= 15 is 0 Å². The summed E-state index contributed by atoms with van der Waals surface area (Å²) in [6.07, 6.45) is 0. The lowest BCUT2D eigenvalue weighted by molar-refractivity contribution is 0.495. The summed E-state index contributed by atoms with van der Waals surface area (Å²) in [6, 6.07) is 61.4. The van der Waals surface area contributed by atoms with Crippen molar-refractivity contribution in [2.24, 2.45) is 0 Å². The predicted molar refractivity (Wildman–Crippen MR) is 222 cm³/mol. The Hall–Kier alpha value is -4.29. The average Bonchev–Trinajstić information content (AvgIpc) is 3.11. The lowest BCUT2D eigenvalue weighted by atomic mass is 10.2. The smallest absolute Gasteiger partial charge is 0.192 e. The molecule has 0 aliphatic rings. The highest BCUT2D eigenvalue weighted by molar-refractivity contribution is 6.85. The lowest BCUT2D eigenvalue weighted by Gasteiger charge is -2.44. The van der Waals surface area contributed by atoms with Crippen molar-refractivity contribution < 1.29 is 4.12 Å². The number of hydrogen-bond donors (Lipinski definition) is 0. The molecule has 0 fully saturated rings. The Labute approximate surface area is 309 Å². The van der Waals surface area contributed by atoms with Crippen molar-refractivity contribution in [2.45, 2.75) is 77.8 Å². The topological polar surface area (TPSA) is 9.23 Å². The molecule has 51 heavy (non-hydrogen) atoms. The summed E-state index contributed by atoms with van der Waals surface area (Å²) < 4.78 is 8.51. The Bertz CT molecular complexity index is 1600. The summed E-state index contributed by atoms with van der Waals surface area (Å²) >= 11 is 0. The highest BCUT2D eigenvalue weighted by atomic mass is 28.4. The van der Waals surface area contributed by atoms with Crippen LogP contribution in [0.1, 0.15) is 66.8 Å². The fourth-order valence-corrected chi connectivity index (χ4v) is 19.6. The molecule has 0 saturated heterocycles. The molecule has 6 aromatic rings. The van der Waals surface area contributed by atoms with Gasteiger partial charge in [0.15, 0.2) is 16.6 Å². The van der Waals surface area contributed by atoms with Gasteiger partial charge in [-0.3, -0.25) is 0 Å². The second-order valence-corrected chi connectivity index (χ2v) is 23.1. The van der Waals surface area contributed by atoms with Crippen molar-refractivity contribution in [3.8, 4) is 0 Å². The van der Waals surface area contributed by atoms with Crippen LogP contribution in [0.4, 0.5) is 0 Å². The van der Waals surface area contributed by atoms with Gasteiger partial charge in [0.1, 0.15) is 0 Å². The van der Waals surface area contributed by atoms with Crippen LogP contribution in [0.5, 0.6) is 0 Å². The van der Waals surface area contributed by atoms with Crippen LogP contribution in [0, 0.1) is 41.5 Å². The van der Waals surface area contributed by atoms with Crippen LogP contribution < -0.4 is 0 Å². The second-order valence-electron chi connectivity index (χ2n) is 15.4. The summed E-state index contributed by atoms with van der Waals surface area (Å²) in [5.41, 5.74) is 16.1. The van der Waals surface area contributed by atoms with Crippen LogP contribution in [0.15, 0.2) is 146 Å². The van der Waals surface area contributed by atoms with Gasteiger partial charge in [-0.1, -0.05) is 179 Å². The van der Waals surface area contributed by atoms with E-state index in [9.17, 15) is 0 Å². The van der Waals surface area contributed by atoms with Crippen molar-refractivity contribution in [3.63, 3.8) is 0 Å². The van der Waals surface area contributed by atoms with E-state index in [1.54, 1.807) is 0 Å². The van der Waals surface area contributed by atoms with Gasteiger partial charge in [0.05, 0.1) is 0 Å². The third-order valence-corrected chi connectivity index (χ3v) is 20.1. The molecule has 0 atom stereocenters. The lowest BCUT2D eigenvalue weighted by Crippen LogP contribution is -2.60. The van der Waals surface area contributed by atoms with Crippen LogP contribution in [-0.4, -0.2) is 16.6 Å². The van der Waals surface area contributed by atoms with Gasteiger partial charge in [0.2, 0.25) is 0 Å². The minimum atomic E-state index is -2.64. The van der Waals surface area contributed by atoms with Crippen molar-refractivity contribution in [2.75, 3.05) is 0 Å². The third kappa shape index (κ3) is 10.4. The quantitative estimate of drug-likeness (QED) is 0.103. The van der Waals surface area contributed by atoms with E-state index in [4.69, 9.17) is 4.12 Å². The zero-order valence-electron chi connectivity index (χ0n) is 31.5. The van der Waals surface area contributed by atoms with Crippen LogP contribution in [-0.2, 0) is 40.4 Å². The highest BCUT2D eigenvalue weighted by Crippen LogP contribution is 2.33. The van der Waals surface area contributed by atoms with Gasteiger partial charge in [-0.15, -0.1) is 0 Å². The fraction of sp³-hybridized carbons (Fsp3) is 0.250. The largest absolute Gasteiger partial charge is 0.453 e. The maximum atomic E-state index is 8.51. The normalized spacial score (nSPS) is 11.9. The molecule has 0 aliphatic carbocycles. The number of hydrogen-bond acceptors (Lipinski definition) is 1. The Morgan fingerprint density at radius 3 is 0.529 bits per heavy atom. The van der Waals surface area contributed by atoms with Gasteiger partial charge in [-0.2, -0.15) is 0 Å². The number of aryl methyl sites for hydroxylation is 6. The van der Waals surface area contributed by atoms with E-state index in [2.05, 4.69) is 187 Å². The molecule has 0 unspecified atom stereocenters. The second kappa shape index (κ2) is 16.4. The molecule has 1 nitrogen and oxygen atoms in total. The molecule has 0 bridgehead atoms. The molecule has 0 aliphatic heterocycles. The van der Waals surface area contributed by atoms with Gasteiger partial charge in [0, 0.05) is 0 Å². The maximum absolute atomic E-state index is 8.51. The van der Waals surface area contributed by atoms with Gasteiger partial charge in [0.25, 0.3) is 0 Å². The van der Waals surface area contributed by atoms with Gasteiger partial charge in [-0.05, 0) is 111 Å². The molecule has 0 spiro atoms. The summed E-state index contributed by atoms with van der Waals surface area (Å²) in [7, 11) is -5.28. The molecule has 260 valence electrons. The zero-order valence-corrected chi connectivity index (χ0v) is 33.5. The van der Waals surface area contributed by atoms with Gasteiger partial charge in [-0.25, -0.2) is 0 Å². The van der Waals surface area contributed by atoms with Crippen LogP contribution in [0.2, 0.25) is 0 Å². The number of rotatable bonds is 14. The molecule has 0 heterocycles. The Morgan fingerprint density at radius 1 is 0.255 bits per heavy atom. The monoisotopic (exact) mass is 702 g/mol. The first-order chi connectivity index (χ1) is 24.5. The molecule has 0 radical (unpaired) electrons. The molecule has 6 aromatic carbocycles. The van der Waals surface area contributed by atoms with Crippen LogP contribution in [0.3, 0.4) is 0 Å². The number of benzene rings is 6. The molecule has 0 amide bonds. The summed E-state index contributed by atoms with van der Waals surface area (Å²) in [5, 5.41) is 0. The first-order valence-electron chi connectivity index (χ1n) is 18.6. The Morgan fingerprint density at radius 2 is 0.392 bits per heavy atom. The first-order valence-corrected chi connectivity index (χ1v) is 23.6. The Kier molecular flexibility index (Phi) is 11.7. The molecular weight excluding hydrogens is 649 g/mol. The van der Waals surface area contributed by atoms with Crippen molar-refractivity contribution in [1.29, 1.82) is 0 Å². The van der Waals surface area contributed by atoms with E-state index in [1.165, 1.54) is 66.8 Å². The molecular formula is C48H54OSi2. The van der Waals surface area contributed by atoms with E-state index in [1.807, 2.05) is 0 Å². The maximum Gasteiger partial charge on any atom is 0.192 e. The minimum Gasteiger partial charge on any atom is -0.453 e. The molecule has 3 heteroatoms. The third-order valence-electron chi connectivity index (χ3n) is 10.3. The van der Waals surface area contributed by atoms with Gasteiger partial charge < -0.3 is 4.12 Å². The molecule has 0 N–H and O–H groups in total. The highest BCUT2D eigenvalue weighted by Gasteiger charge is 2.46. The summed E-state index contributed by atoms with van der Waals surface area (Å²) in [6.45, 7) is 13.1. The Balaban J connectivity index is 1.57. The van der Waals surface area contributed by atoms with E-state index in [-0.39, 0.29) is 0 Å². The van der Waals surface area contributed by atoms with E-state index in [0.29, 0.717) is 0 Å². The zero-order chi connectivity index (χ0) is 35.8. The van der Waals surface area contributed by atoms with Gasteiger partial charge >= 0.3 is 0 Å². The summed E-state index contributed by atoms with van der Waals surface area (Å²) in [5.74, 6) is 0. The first kappa shape index (κ1) is 36.5. The molecule has 0 saturated carbocycles. The van der Waals surface area contributed by atoms with Crippen LogP contribution in [0.25, 0.3) is 0 Å². The molecule has 0 aromatic heterocycles. The van der Waals surface area contributed by atoms with Crippen molar-refractivity contribution in [3.05, 3.63) is 212 Å². The minimum absolute atomic E-state index is 0.972. The van der Waals surface area contributed by atoms with Crippen LogP contribution >= 0.6 is 0 Å². The SMILES string of the molecule is Cc1ccc(C[Si](Cc2ccc(C)cc2)(Cc2ccc(C)cc2)O[Si](Cc2ccc(C)cc2)(Cc2ccc(C)cc2)Cc2ccc(C)cc2)cc1. The van der Waals surface area contributed by atoms with E-state index < -0.39 is 16.6 Å². The average molecular weight is 703 g/mol. The van der Waals surface area contributed by atoms with Crippen molar-refractivity contribution >= 4 is 16.6 Å². The summed E-state index contributed by atoms with van der Waals surface area (Å²) in [4.78, 5) is 0. The standard InChI is InChI=1S/C48H54OSi2/c1-37-7-19-43(20-8-37)31-50(32-44-21-9-38(2)10-22-44,33-45-23-11-39(3)12-24-45)49-51(34-46-25-13-40(4)14-26-46,35-47-27-15-41(5)16-28-47)36-48-29-17-42(6)18-30-48/h7-30H,31-36H2,1-6H3.